The molecule has 1 aliphatic rings. The lowest BCUT2D eigenvalue weighted by Crippen LogP contribution is -2.27. The zero-order valence-electron chi connectivity index (χ0n) is 14.3. The van der Waals surface area contributed by atoms with Gasteiger partial charge in [-0.2, -0.15) is 13.2 Å². The summed E-state index contributed by atoms with van der Waals surface area (Å²) in [7, 11) is -4.38. The van der Waals surface area contributed by atoms with E-state index < -0.39 is 26.7 Å². The molecule has 3 rings (SSSR count). The SMILES string of the molecule is O=S(=O)(NCc1ccccc1N1CCCC1)c1ccc(Cl)cc1C(F)(F)F. The van der Waals surface area contributed by atoms with Gasteiger partial charge in [-0.1, -0.05) is 29.8 Å². The van der Waals surface area contributed by atoms with Gasteiger partial charge in [0.1, 0.15) is 0 Å². The monoisotopic (exact) mass is 418 g/mol. The molecule has 1 N–H and O–H groups in total. The van der Waals surface area contributed by atoms with E-state index in [4.69, 9.17) is 11.6 Å². The first-order valence-corrected chi connectivity index (χ1v) is 10.2. The Balaban J connectivity index is 1.87. The highest BCUT2D eigenvalue weighted by atomic mass is 35.5. The molecule has 146 valence electrons. The molecule has 0 aliphatic carbocycles. The molecule has 9 heteroatoms. The number of rotatable bonds is 5. The van der Waals surface area contributed by atoms with Crippen LogP contribution < -0.4 is 9.62 Å². The summed E-state index contributed by atoms with van der Waals surface area (Å²) < 4.78 is 67.1. The van der Waals surface area contributed by atoms with Crippen LogP contribution in [0.1, 0.15) is 24.0 Å². The number of nitrogens with one attached hydrogen (secondary N) is 1. The maximum atomic E-state index is 13.2. The van der Waals surface area contributed by atoms with Crippen molar-refractivity contribution in [1.82, 2.24) is 4.72 Å². The number of hydrogen-bond acceptors (Lipinski definition) is 3. The molecule has 1 fully saturated rings. The molecule has 1 heterocycles. The lowest BCUT2D eigenvalue weighted by molar-refractivity contribution is -0.139. The van der Waals surface area contributed by atoms with Crippen molar-refractivity contribution in [1.29, 1.82) is 0 Å². The summed E-state index contributed by atoms with van der Waals surface area (Å²) in [6.07, 6.45) is -2.72. The minimum Gasteiger partial charge on any atom is -0.371 e. The van der Waals surface area contributed by atoms with Crippen molar-refractivity contribution in [3.8, 4) is 0 Å². The van der Waals surface area contributed by atoms with Gasteiger partial charge in [-0.3, -0.25) is 0 Å². The van der Waals surface area contributed by atoms with Crippen molar-refractivity contribution in [3.05, 3.63) is 58.6 Å². The third-order valence-corrected chi connectivity index (χ3v) is 6.12. The summed E-state index contributed by atoms with van der Waals surface area (Å²) in [6, 6.07) is 9.90. The minimum atomic E-state index is -4.83. The predicted molar refractivity (Wildman–Crippen MR) is 98.4 cm³/mol. The number of nitrogens with zero attached hydrogens (tertiary/aromatic N) is 1. The highest BCUT2D eigenvalue weighted by Gasteiger charge is 2.37. The fourth-order valence-electron chi connectivity index (χ4n) is 3.14. The van der Waals surface area contributed by atoms with E-state index in [1.807, 2.05) is 12.1 Å². The number of alkyl halides is 3. The molecule has 0 atom stereocenters. The summed E-state index contributed by atoms with van der Waals surface area (Å²) in [4.78, 5) is 1.31. The number of sulfonamides is 1. The van der Waals surface area contributed by atoms with Crippen LogP contribution in [-0.4, -0.2) is 21.5 Å². The standard InChI is InChI=1S/C18H18ClF3N2O2S/c19-14-7-8-17(15(11-14)18(20,21)22)27(25,26)23-12-13-5-1-2-6-16(13)24-9-3-4-10-24/h1-2,5-8,11,23H,3-4,9-10,12H2. The van der Waals surface area contributed by atoms with Crippen LogP contribution in [0, 0.1) is 0 Å². The van der Waals surface area contributed by atoms with Gasteiger partial charge in [0, 0.05) is 30.3 Å². The third kappa shape index (κ3) is 4.56. The van der Waals surface area contributed by atoms with Crippen molar-refractivity contribution in [2.45, 2.75) is 30.5 Å². The quantitative estimate of drug-likeness (QED) is 0.781. The number of halogens is 4. The van der Waals surface area contributed by atoms with Crippen LogP contribution in [0.3, 0.4) is 0 Å². The van der Waals surface area contributed by atoms with Gasteiger partial charge in [-0.15, -0.1) is 0 Å². The number of para-hydroxylation sites is 1. The van der Waals surface area contributed by atoms with Crippen LogP contribution in [0.4, 0.5) is 18.9 Å². The largest absolute Gasteiger partial charge is 0.417 e. The summed E-state index contributed by atoms with van der Waals surface area (Å²) in [5, 5.41) is -0.180. The number of hydrogen-bond donors (Lipinski definition) is 1. The molecule has 0 aromatic heterocycles. The normalized spacial score (nSPS) is 15.3. The van der Waals surface area contributed by atoms with Crippen LogP contribution in [0.25, 0.3) is 0 Å². The van der Waals surface area contributed by atoms with Crippen molar-refractivity contribution < 1.29 is 21.6 Å². The Labute approximate surface area is 161 Å². The molecular formula is C18H18ClF3N2O2S. The number of benzene rings is 2. The first-order chi connectivity index (χ1) is 12.7. The molecule has 4 nitrogen and oxygen atoms in total. The van der Waals surface area contributed by atoms with Crippen LogP contribution in [-0.2, 0) is 22.7 Å². The first-order valence-electron chi connectivity index (χ1n) is 8.38. The average molecular weight is 419 g/mol. The smallest absolute Gasteiger partial charge is 0.371 e. The maximum Gasteiger partial charge on any atom is 0.417 e. The Morgan fingerprint density at radius 3 is 2.41 bits per heavy atom. The summed E-state index contributed by atoms with van der Waals surface area (Å²) in [5.41, 5.74) is 0.325. The van der Waals surface area contributed by atoms with Gasteiger partial charge >= 0.3 is 6.18 Å². The molecule has 0 amide bonds. The molecular weight excluding hydrogens is 401 g/mol. The zero-order chi connectivity index (χ0) is 19.7. The van der Waals surface area contributed by atoms with Gasteiger partial charge < -0.3 is 4.90 Å². The van der Waals surface area contributed by atoms with E-state index in [0.29, 0.717) is 11.6 Å². The topological polar surface area (TPSA) is 49.4 Å². The lowest BCUT2D eigenvalue weighted by atomic mass is 10.1. The molecule has 27 heavy (non-hydrogen) atoms. The maximum absolute atomic E-state index is 13.2. The summed E-state index contributed by atoms with van der Waals surface area (Å²) in [6.45, 7) is 1.65. The predicted octanol–water partition coefficient (Wildman–Crippen LogP) is 4.44. The van der Waals surface area contributed by atoms with E-state index in [2.05, 4.69) is 9.62 Å². The van der Waals surface area contributed by atoms with E-state index in [9.17, 15) is 21.6 Å². The Morgan fingerprint density at radius 2 is 1.74 bits per heavy atom. The Kier molecular flexibility index (Phi) is 5.69. The van der Waals surface area contributed by atoms with Gasteiger partial charge in [-0.05, 0) is 42.7 Å². The Hall–Kier alpha value is -1.77. The Bertz CT molecular complexity index is 926. The van der Waals surface area contributed by atoms with Gasteiger partial charge in [-0.25, -0.2) is 13.1 Å². The van der Waals surface area contributed by atoms with Gasteiger partial charge in [0.05, 0.1) is 10.5 Å². The molecule has 0 saturated carbocycles. The second-order valence-corrected chi connectivity index (χ2v) is 8.46. The van der Waals surface area contributed by atoms with Gasteiger partial charge in [0.25, 0.3) is 0 Å². The second kappa shape index (κ2) is 7.69. The summed E-state index contributed by atoms with van der Waals surface area (Å²) >= 11 is 5.62. The molecule has 0 unspecified atom stereocenters. The van der Waals surface area contributed by atoms with E-state index in [0.717, 1.165) is 43.8 Å². The van der Waals surface area contributed by atoms with Crippen LogP contribution >= 0.6 is 11.6 Å². The Morgan fingerprint density at radius 1 is 1.07 bits per heavy atom. The van der Waals surface area contributed by atoms with Crippen molar-refractivity contribution in [3.63, 3.8) is 0 Å². The lowest BCUT2D eigenvalue weighted by Gasteiger charge is -2.21. The van der Waals surface area contributed by atoms with Crippen molar-refractivity contribution in [2.75, 3.05) is 18.0 Å². The number of anilines is 1. The van der Waals surface area contributed by atoms with E-state index in [-0.39, 0.29) is 11.6 Å². The molecule has 0 bridgehead atoms. The summed E-state index contributed by atoms with van der Waals surface area (Å²) in [5.74, 6) is 0. The van der Waals surface area contributed by atoms with Crippen LogP contribution in [0.2, 0.25) is 5.02 Å². The highest BCUT2D eigenvalue weighted by Crippen LogP contribution is 2.36. The molecule has 0 spiro atoms. The van der Waals surface area contributed by atoms with Gasteiger partial charge in [0.15, 0.2) is 0 Å². The van der Waals surface area contributed by atoms with E-state index in [1.165, 1.54) is 0 Å². The van der Waals surface area contributed by atoms with Crippen LogP contribution in [0.15, 0.2) is 47.4 Å². The average Bonchev–Trinajstić information content (AvgIpc) is 3.14. The fraction of sp³-hybridized carbons (Fsp3) is 0.333. The zero-order valence-corrected chi connectivity index (χ0v) is 15.8. The molecule has 0 radical (unpaired) electrons. The highest BCUT2D eigenvalue weighted by molar-refractivity contribution is 7.89. The minimum absolute atomic E-state index is 0.102. The molecule has 1 aliphatic heterocycles. The second-order valence-electron chi connectivity index (χ2n) is 6.29. The third-order valence-electron chi connectivity index (χ3n) is 4.43. The van der Waals surface area contributed by atoms with Crippen molar-refractivity contribution in [2.24, 2.45) is 0 Å². The van der Waals surface area contributed by atoms with Crippen molar-refractivity contribution >= 4 is 27.3 Å². The fourth-order valence-corrected chi connectivity index (χ4v) is 4.52. The first kappa shape index (κ1) is 20.0. The molecule has 2 aromatic carbocycles. The molecule has 2 aromatic rings. The van der Waals surface area contributed by atoms with Gasteiger partial charge in [0.2, 0.25) is 10.0 Å². The van der Waals surface area contributed by atoms with E-state index in [1.54, 1.807) is 12.1 Å². The van der Waals surface area contributed by atoms with E-state index >= 15 is 0 Å². The van der Waals surface area contributed by atoms with Crippen LogP contribution in [0.5, 0.6) is 0 Å². The molecule has 1 saturated heterocycles.